The first-order chi connectivity index (χ1) is 10.7. The van der Waals surface area contributed by atoms with Crippen LogP contribution in [-0.4, -0.2) is 20.7 Å². The fraction of sp³-hybridized carbons (Fsp3) is 0.235. The lowest BCUT2D eigenvalue weighted by Gasteiger charge is -2.08. The van der Waals surface area contributed by atoms with Gasteiger partial charge in [-0.05, 0) is 31.0 Å². The molecule has 1 aromatic carbocycles. The van der Waals surface area contributed by atoms with E-state index < -0.39 is 0 Å². The number of rotatable bonds is 3. The van der Waals surface area contributed by atoms with E-state index in [1.807, 2.05) is 43.4 Å². The number of hydrogen-bond acceptors (Lipinski definition) is 3. The van der Waals surface area contributed by atoms with Gasteiger partial charge in [0.15, 0.2) is 5.65 Å². The SMILES string of the molecule is Cn1ncc2c(C(=O)Nc3ccccc3)cc(C3CC3)nc21. The van der Waals surface area contributed by atoms with Crippen molar-refractivity contribution in [2.75, 3.05) is 5.32 Å². The lowest BCUT2D eigenvalue weighted by Crippen LogP contribution is -2.13. The van der Waals surface area contributed by atoms with Gasteiger partial charge in [0.2, 0.25) is 0 Å². The van der Waals surface area contributed by atoms with Crippen LogP contribution in [0.2, 0.25) is 0 Å². The van der Waals surface area contributed by atoms with Crippen molar-refractivity contribution >= 4 is 22.6 Å². The molecular formula is C17H16N4O. The van der Waals surface area contributed by atoms with Gasteiger partial charge in [0.05, 0.1) is 17.1 Å². The van der Waals surface area contributed by atoms with Crippen LogP contribution >= 0.6 is 0 Å². The third-order valence-electron chi connectivity index (χ3n) is 4.00. The van der Waals surface area contributed by atoms with Crippen LogP contribution in [0.1, 0.15) is 34.8 Å². The lowest BCUT2D eigenvalue weighted by atomic mass is 10.1. The predicted molar refractivity (Wildman–Crippen MR) is 84.9 cm³/mol. The number of carbonyl (C=O) groups is 1. The molecule has 1 N–H and O–H groups in total. The van der Waals surface area contributed by atoms with E-state index in [1.54, 1.807) is 10.9 Å². The number of aromatic nitrogens is 3. The van der Waals surface area contributed by atoms with Crippen molar-refractivity contribution in [2.24, 2.45) is 7.05 Å². The Morgan fingerprint density at radius 2 is 2.05 bits per heavy atom. The molecule has 1 amide bonds. The number of hydrogen-bond donors (Lipinski definition) is 1. The summed E-state index contributed by atoms with van der Waals surface area (Å²) >= 11 is 0. The first-order valence-corrected chi connectivity index (χ1v) is 7.41. The summed E-state index contributed by atoms with van der Waals surface area (Å²) in [6.07, 6.45) is 4.01. The number of carbonyl (C=O) groups excluding carboxylic acids is 1. The molecule has 0 unspecified atom stereocenters. The van der Waals surface area contributed by atoms with Gasteiger partial charge < -0.3 is 5.32 Å². The smallest absolute Gasteiger partial charge is 0.256 e. The highest BCUT2D eigenvalue weighted by atomic mass is 16.1. The summed E-state index contributed by atoms with van der Waals surface area (Å²) in [7, 11) is 1.85. The molecule has 0 saturated heterocycles. The van der Waals surface area contributed by atoms with Crippen LogP contribution in [0.5, 0.6) is 0 Å². The van der Waals surface area contributed by atoms with Crippen molar-refractivity contribution in [1.29, 1.82) is 0 Å². The Labute approximate surface area is 128 Å². The molecular weight excluding hydrogens is 276 g/mol. The molecule has 0 atom stereocenters. The van der Waals surface area contributed by atoms with E-state index in [-0.39, 0.29) is 5.91 Å². The van der Waals surface area contributed by atoms with Gasteiger partial charge in [0.25, 0.3) is 5.91 Å². The summed E-state index contributed by atoms with van der Waals surface area (Å²) in [6, 6.07) is 11.4. The zero-order chi connectivity index (χ0) is 15.1. The van der Waals surface area contributed by atoms with Crippen molar-refractivity contribution in [1.82, 2.24) is 14.8 Å². The van der Waals surface area contributed by atoms with E-state index in [9.17, 15) is 4.79 Å². The Balaban J connectivity index is 1.77. The maximum absolute atomic E-state index is 12.7. The van der Waals surface area contributed by atoms with E-state index in [2.05, 4.69) is 15.4 Å². The van der Waals surface area contributed by atoms with Gasteiger partial charge in [-0.1, -0.05) is 18.2 Å². The minimum Gasteiger partial charge on any atom is -0.322 e. The monoisotopic (exact) mass is 292 g/mol. The van der Waals surface area contributed by atoms with Gasteiger partial charge in [-0.15, -0.1) is 0 Å². The summed E-state index contributed by atoms with van der Waals surface area (Å²) in [5.41, 5.74) is 3.19. The average molecular weight is 292 g/mol. The second-order valence-corrected chi connectivity index (χ2v) is 5.69. The van der Waals surface area contributed by atoms with Crippen LogP contribution in [0.25, 0.3) is 11.0 Å². The number of fused-ring (bicyclic) bond motifs is 1. The molecule has 1 aliphatic carbocycles. The van der Waals surface area contributed by atoms with Crippen molar-refractivity contribution in [3.63, 3.8) is 0 Å². The van der Waals surface area contributed by atoms with Gasteiger partial charge in [-0.25, -0.2) is 4.98 Å². The van der Waals surface area contributed by atoms with E-state index >= 15 is 0 Å². The molecule has 0 bridgehead atoms. The summed E-state index contributed by atoms with van der Waals surface area (Å²) in [5, 5.41) is 7.98. The van der Waals surface area contributed by atoms with Crippen LogP contribution in [0.15, 0.2) is 42.6 Å². The lowest BCUT2D eigenvalue weighted by molar-refractivity contribution is 0.102. The van der Waals surface area contributed by atoms with E-state index in [0.717, 1.165) is 35.3 Å². The fourth-order valence-corrected chi connectivity index (χ4v) is 2.63. The molecule has 3 aromatic rings. The van der Waals surface area contributed by atoms with E-state index in [0.29, 0.717) is 11.5 Å². The third kappa shape index (κ3) is 2.24. The summed E-state index contributed by atoms with van der Waals surface area (Å²) in [5.74, 6) is 0.371. The molecule has 1 saturated carbocycles. The second-order valence-electron chi connectivity index (χ2n) is 5.69. The number of benzene rings is 1. The molecule has 1 aliphatic rings. The number of amides is 1. The van der Waals surface area contributed by atoms with Crippen molar-refractivity contribution in [2.45, 2.75) is 18.8 Å². The molecule has 22 heavy (non-hydrogen) atoms. The van der Waals surface area contributed by atoms with Gasteiger partial charge in [0.1, 0.15) is 0 Å². The molecule has 0 aliphatic heterocycles. The minimum atomic E-state index is -0.117. The van der Waals surface area contributed by atoms with Crippen molar-refractivity contribution in [3.05, 3.63) is 53.9 Å². The molecule has 1 fully saturated rings. The van der Waals surface area contributed by atoms with Gasteiger partial charge in [-0.2, -0.15) is 5.10 Å². The van der Waals surface area contributed by atoms with Crippen LogP contribution in [0.3, 0.4) is 0 Å². The number of aryl methyl sites for hydroxylation is 1. The second kappa shape index (κ2) is 4.94. The number of nitrogens with zero attached hydrogens (tertiary/aromatic N) is 3. The largest absolute Gasteiger partial charge is 0.322 e. The van der Waals surface area contributed by atoms with Crippen LogP contribution in [-0.2, 0) is 7.05 Å². The Morgan fingerprint density at radius 1 is 1.27 bits per heavy atom. The number of pyridine rings is 1. The van der Waals surface area contributed by atoms with Crippen LogP contribution < -0.4 is 5.32 Å². The van der Waals surface area contributed by atoms with E-state index in [1.165, 1.54) is 0 Å². The molecule has 5 heteroatoms. The highest BCUT2D eigenvalue weighted by Crippen LogP contribution is 2.40. The highest BCUT2D eigenvalue weighted by molar-refractivity contribution is 6.12. The Morgan fingerprint density at radius 3 is 2.77 bits per heavy atom. The first-order valence-electron chi connectivity index (χ1n) is 7.41. The Kier molecular flexibility index (Phi) is 2.92. The maximum Gasteiger partial charge on any atom is 0.256 e. The standard InChI is InChI=1S/C17H16N4O/c1-21-16-14(10-18-21)13(9-15(20-16)11-7-8-11)17(22)19-12-5-3-2-4-6-12/h2-6,9-11H,7-8H2,1H3,(H,19,22). The Bertz CT molecular complexity index is 850. The fourth-order valence-electron chi connectivity index (χ4n) is 2.63. The predicted octanol–water partition coefficient (Wildman–Crippen LogP) is 3.10. The molecule has 4 rings (SSSR count). The molecule has 0 radical (unpaired) electrons. The topological polar surface area (TPSA) is 59.8 Å². The zero-order valence-corrected chi connectivity index (χ0v) is 12.3. The number of anilines is 1. The molecule has 2 aromatic heterocycles. The van der Waals surface area contributed by atoms with Crippen molar-refractivity contribution < 1.29 is 4.79 Å². The van der Waals surface area contributed by atoms with E-state index in [4.69, 9.17) is 0 Å². The number of para-hydroxylation sites is 1. The summed E-state index contributed by atoms with van der Waals surface area (Å²) in [6.45, 7) is 0. The molecule has 5 nitrogen and oxygen atoms in total. The molecule has 0 spiro atoms. The first kappa shape index (κ1) is 13.0. The molecule has 2 heterocycles. The van der Waals surface area contributed by atoms with Gasteiger partial charge in [0, 0.05) is 24.3 Å². The van der Waals surface area contributed by atoms with Crippen LogP contribution in [0.4, 0.5) is 5.69 Å². The van der Waals surface area contributed by atoms with Crippen LogP contribution in [0, 0.1) is 0 Å². The maximum atomic E-state index is 12.7. The highest BCUT2D eigenvalue weighted by Gasteiger charge is 2.27. The summed E-state index contributed by atoms with van der Waals surface area (Å²) in [4.78, 5) is 17.3. The normalized spacial score (nSPS) is 14.2. The zero-order valence-electron chi connectivity index (χ0n) is 12.3. The van der Waals surface area contributed by atoms with Crippen molar-refractivity contribution in [3.8, 4) is 0 Å². The van der Waals surface area contributed by atoms with Gasteiger partial charge in [-0.3, -0.25) is 9.48 Å². The molecule has 110 valence electrons. The Hall–Kier alpha value is -2.69. The number of nitrogens with one attached hydrogen (secondary N) is 1. The quantitative estimate of drug-likeness (QED) is 0.807. The summed E-state index contributed by atoms with van der Waals surface area (Å²) < 4.78 is 1.72. The third-order valence-corrected chi connectivity index (χ3v) is 4.00. The van der Waals surface area contributed by atoms with Gasteiger partial charge >= 0.3 is 0 Å². The minimum absolute atomic E-state index is 0.117. The average Bonchev–Trinajstić information content (AvgIpc) is 3.32.